The summed E-state index contributed by atoms with van der Waals surface area (Å²) in [6, 6.07) is 14.2. The van der Waals surface area contributed by atoms with Crippen LogP contribution in [0.15, 0.2) is 59.4 Å². The van der Waals surface area contributed by atoms with Crippen LogP contribution in [0.1, 0.15) is 46.4 Å². The van der Waals surface area contributed by atoms with Gasteiger partial charge in [0.1, 0.15) is 11.5 Å². The summed E-state index contributed by atoms with van der Waals surface area (Å²) in [4.78, 5) is 21.0. The molecule has 1 saturated heterocycles. The van der Waals surface area contributed by atoms with Gasteiger partial charge in [-0.15, -0.1) is 0 Å². The first-order valence-corrected chi connectivity index (χ1v) is 12.1. The predicted octanol–water partition coefficient (Wildman–Crippen LogP) is 5.57. The molecule has 1 fully saturated rings. The van der Waals surface area contributed by atoms with E-state index in [0.717, 1.165) is 57.4 Å². The van der Waals surface area contributed by atoms with Crippen molar-refractivity contribution in [2.45, 2.75) is 32.7 Å². The summed E-state index contributed by atoms with van der Waals surface area (Å²) >= 11 is 0. The maximum atomic E-state index is 11.9. The fourth-order valence-corrected chi connectivity index (χ4v) is 5.56. The van der Waals surface area contributed by atoms with E-state index in [4.69, 9.17) is 14.2 Å². The van der Waals surface area contributed by atoms with Crippen LogP contribution in [-0.2, 0) is 4.74 Å². The Morgan fingerprint density at radius 1 is 1.06 bits per heavy atom. The molecule has 0 amide bonds. The number of nitrogens with zero attached hydrogens (tertiary/aromatic N) is 4. The molecule has 5 aromatic rings. The third-order valence-electron chi connectivity index (χ3n) is 7.20. The fourth-order valence-electron chi connectivity index (χ4n) is 5.56. The quantitative estimate of drug-likeness (QED) is 0.349. The van der Waals surface area contributed by atoms with Gasteiger partial charge in [-0.1, -0.05) is 35.5 Å². The van der Waals surface area contributed by atoms with E-state index in [9.17, 15) is 9.90 Å². The molecule has 8 nitrogen and oxygen atoms in total. The number of aromatic nitrogens is 4. The second-order valence-electron chi connectivity index (χ2n) is 9.36. The summed E-state index contributed by atoms with van der Waals surface area (Å²) in [7, 11) is 0. The highest BCUT2D eigenvalue weighted by molar-refractivity contribution is 6.07. The van der Waals surface area contributed by atoms with E-state index in [1.807, 2.05) is 38.2 Å². The zero-order valence-corrected chi connectivity index (χ0v) is 20.1. The molecule has 1 N–H and O–H groups in total. The number of carboxylic acid groups (broad SMARTS) is 1. The highest BCUT2D eigenvalue weighted by Gasteiger charge is 2.31. The van der Waals surface area contributed by atoms with Crippen molar-refractivity contribution in [3.63, 3.8) is 0 Å². The van der Waals surface area contributed by atoms with E-state index < -0.39 is 5.97 Å². The lowest BCUT2D eigenvalue weighted by molar-refractivity contribution is 0.0553. The number of pyridine rings is 2. The average Bonchev–Trinajstić information content (AvgIpc) is 3.41. The Labute approximate surface area is 207 Å². The van der Waals surface area contributed by atoms with Crippen molar-refractivity contribution in [3.8, 4) is 11.1 Å². The fraction of sp³-hybridized carbons (Fsp3) is 0.286. The van der Waals surface area contributed by atoms with Gasteiger partial charge < -0.3 is 18.9 Å². The Balaban J connectivity index is 1.69. The van der Waals surface area contributed by atoms with E-state index in [2.05, 4.69) is 32.9 Å². The van der Waals surface area contributed by atoms with Gasteiger partial charge in [-0.05, 0) is 50.3 Å². The standard InChI is InChI=1S/C28H26N4O4/c1-16-25(17(2)36-31-16)20-12-24-26(30-14-20)21-15-29-22(28(33)34)13-23(21)32(24)27(18-6-4-3-5-7-18)19-8-10-35-11-9-19/h3-7,12-15,19,27H,8-11H2,1-2H3,(H,33,34)/t27-/m1/s1. The van der Waals surface area contributed by atoms with Crippen molar-refractivity contribution < 1.29 is 19.2 Å². The Morgan fingerprint density at radius 3 is 2.53 bits per heavy atom. The molecule has 1 aliphatic heterocycles. The van der Waals surface area contributed by atoms with Gasteiger partial charge in [0.25, 0.3) is 0 Å². The topological polar surface area (TPSA) is 103 Å². The molecule has 36 heavy (non-hydrogen) atoms. The van der Waals surface area contributed by atoms with Crippen molar-refractivity contribution in [1.29, 1.82) is 0 Å². The molecule has 6 rings (SSSR count). The van der Waals surface area contributed by atoms with Gasteiger partial charge in [0.15, 0.2) is 0 Å². The molecule has 0 aliphatic carbocycles. The van der Waals surface area contributed by atoms with E-state index in [1.165, 1.54) is 5.56 Å². The minimum Gasteiger partial charge on any atom is -0.477 e. The molecule has 0 bridgehead atoms. The monoisotopic (exact) mass is 482 g/mol. The Morgan fingerprint density at radius 2 is 1.83 bits per heavy atom. The van der Waals surface area contributed by atoms with Crippen molar-refractivity contribution in [2.75, 3.05) is 13.2 Å². The van der Waals surface area contributed by atoms with Gasteiger partial charge in [0.2, 0.25) is 0 Å². The van der Waals surface area contributed by atoms with Gasteiger partial charge in [0, 0.05) is 42.1 Å². The first kappa shape index (κ1) is 22.4. The third-order valence-corrected chi connectivity index (χ3v) is 7.20. The molecule has 0 spiro atoms. The molecule has 4 aromatic heterocycles. The average molecular weight is 483 g/mol. The summed E-state index contributed by atoms with van der Waals surface area (Å²) in [6.45, 7) is 5.22. The molecule has 0 unspecified atom stereocenters. The highest BCUT2D eigenvalue weighted by atomic mass is 16.5. The van der Waals surface area contributed by atoms with Crippen LogP contribution in [0.5, 0.6) is 0 Å². The molecule has 8 heteroatoms. The number of benzene rings is 1. The van der Waals surface area contributed by atoms with Gasteiger partial charge in [-0.2, -0.15) is 0 Å². The molecule has 1 aliphatic rings. The van der Waals surface area contributed by atoms with Crippen molar-refractivity contribution in [1.82, 2.24) is 19.7 Å². The third kappa shape index (κ3) is 3.65. The molecular weight excluding hydrogens is 456 g/mol. The number of aromatic carboxylic acids is 1. The number of rotatable bonds is 5. The van der Waals surface area contributed by atoms with Gasteiger partial charge in [-0.25, -0.2) is 9.78 Å². The predicted molar refractivity (Wildman–Crippen MR) is 135 cm³/mol. The Bertz CT molecular complexity index is 1560. The number of hydrogen-bond acceptors (Lipinski definition) is 6. The number of carboxylic acids is 1. The van der Waals surface area contributed by atoms with Crippen molar-refractivity contribution in [2.24, 2.45) is 5.92 Å². The second kappa shape index (κ2) is 8.87. The number of aryl methyl sites for hydroxylation is 2. The molecule has 1 atom stereocenters. The largest absolute Gasteiger partial charge is 0.477 e. The van der Waals surface area contributed by atoms with Crippen LogP contribution in [-0.4, -0.2) is 44.0 Å². The minimum absolute atomic E-state index is 0.0105. The van der Waals surface area contributed by atoms with E-state index in [1.54, 1.807) is 12.3 Å². The lowest BCUT2D eigenvalue weighted by atomic mass is 9.86. The van der Waals surface area contributed by atoms with Crippen LogP contribution in [0.2, 0.25) is 0 Å². The van der Waals surface area contributed by atoms with Crippen molar-refractivity contribution in [3.05, 3.63) is 77.6 Å². The van der Waals surface area contributed by atoms with Crippen LogP contribution in [0.3, 0.4) is 0 Å². The van der Waals surface area contributed by atoms with E-state index in [0.29, 0.717) is 19.1 Å². The Hall–Kier alpha value is -4.04. The smallest absolute Gasteiger partial charge is 0.354 e. The molecule has 1 aromatic carbocycles. The molecule has 5 heterocycles. The maximum Gasteiger partial charge on any atom is 0.354 e. The molecule has 0 radical (unpaired) electrons. The van der Waals surface area contributed by atoms with Crippen LogP contribution in [0.25, 0.3) is 33.1 Å². The van der Waals surface area contributed by atoms with E-state index >= 15 is 0 Å². The first-order valence-electron chi connectivity index (χ1n) is 12.1. The summed E-state index contributed by atoms with van der Waals surface area (Å²) in [5.41, 5.74) is 6.33. The number of carbonyl (C=O) groups is 1. The minimum atomic E-state index is -1.06. The highest BCUT2D eigenvalue weighted by Crippen LogP contribution is 2.41. The summed E-state index contributed by atoms with van der Waals surface area (Å²) in [5, 5.41) is 14.7. The van der Waals surface area contributed by atoms with Gasteiger partial charge in [0.05, 0.1) is 28.3 Å². The Kier molecular flexibility index (Phi) is 5.53. The molecular formula is C28H26N4O4. The molecule has 182 valence electrons. The van der Waals surface area contributed by atoms with Crippen molar-refractivity contribution >= 4 is 27.9 Å². The van der Waals surface area contributed by atoms with Crippen LogP contribution < -0.4 is 0 Å². The number of fused-ring (bicyclic) bond motifs is 3. The normalized spacial score (nSPS) is 15.5. The zero-order valence-electron chi connectivity index (χ0n) is 20.1. The number of hydrogen-bond donors (Lipinski definition) is 1. The first-order chi connectivity index (χ1) is 17.5. The van der Waals surface area contributed by atoms with Crippen LogP contribution in [0.4, 0.5) is 0 Å². The summed E-state index contributed by atoms with van der Waals surface area (Å²) in [6.07, 6.45) is 5.28. The van der Waals surface area contributed by atoms with Crippen LogP contribution in [0, 0.1) is 19.8 Å². The molecule has 0 saturated carbocycles. The van der Waals surface area contributed by atoms with Gasteiger partial charge in [-0.3, -0.25) is 4.98 Å². The zero-order chi connectivity index (χ0) is 24.8. The lowest BCUT2D eigenvalue weighted by Crippen LogP contribution is -2.27. The SMILES string of the molecule is Cc1noc(C)c1-c1cnc2c3cnc(C(=O)O)cc3n([C@H](c3ccccc3)C3CCOCC3)c2c1. The van der Waals surface area contributed by atoms with Gasteiger partial charge >= 0.3 is 5.97 Å². The second-order valence-corrected chi connectivity index (χ2v) is 9.36. The lowest BCUT2D eigenvalue weighted by Gasteiger charge is -2.33. The maximum absolute atomic E-state index is 11.9. The summed E-state index contributed by atoms with van der Waals surface area (Å²) < 4.78 is 13.4. The van der Waals surface area contributed by atoms with E-state index in [-0.39, 0.29) is 11.7 Å². The van der Waals surface area contributed by atoms with Crippen LogP contribution >= 0.6 is 0 Å². The number of ether oxygens (including phenoxy) is 1. The summed E-state index contributed by atoms with van der Waals surface area (Å²) in [5.74, 6) is -0.0142.